The molecule has 1 rings (SSSR count). The Balaban J connectivity index is 0.00000169. The van der Waals surface area contributed by atoms with Gasteiger partial charge >= 0.3 is 0 Å². The molecule has 0 amide bonds. The molecule has 0 aromatic rings. The zero-order valence-electron chi connectivity index (χ0n) is 8.88. The summed E-state index contributed by atoms with van der Waals surface area (Å²) >= 11 is 0. The van der Waals surface area contributed by atoms with Crippen molar-refractivity contribution in [2.45, 2.75) is 20.3 Å². The van der Waals surface area contributed by atoms with Crippen molar-refractivity contribution in [1.82, 2.24) is 0 Å². The van der Waals surface area contributed by atoms with Crippen LogP contribution >= 0.6 is 0 Å². The van der Waals surface area contributed by atoms with Crippen molar-refractivity contribution in [3.63, 3.8) is 0 Å². The molecule has 0 aromatic heterocycles. The predicted octanol–water partition coefficient (Wildman–Crippen LogP) is 3.75. The summed E-state index contributed by atoms with van der Waals surface area (Å²) in [5.74, 6) is 0. The first kappa shape index (κ1) is 13.8. The summed E-state index contributed by atoms with van der Waals surface area (Å²) in [6, 6.07) is 0. The minimum atomic E-state index is 0. The van der Waals surface area contributed by atoms with Gasteiger partial charge in [-0.15, -0.1) is 17.2 Å². The Hall–Kier alpha value is -0.196. The molecule has 0 nitrogen and oxygen atoms in total. The van der Waals surface area contributed by atoms with Gasteiger partial charge in [-0.05, 0) is 0 Å². The molecule has 0 bridgehead atoms. The fourth-order valence-electron chi connectivity index (χ4n) is 1.01. The van der Waals surface area contributed by atoms with E-state index >= 15 is 0 Å². The van der Waals surface area contributed by atoms with E-state index in [1.807, 2.05) is 6.08 Å². The van der Waals surface area contributed by atoms with Crippen molar-refractivity contribution in [3.05, 3.63) is 59.8 Å². The van der Waals surface area contributed by atoms with E-state index in [1.165, 1.54) is 11.1 Å². The molecule has 0 spiro atoms. The predicted molar refractivity (Wildman–Crippen MR) is 58.2 cm³/mol. The van der Waals surface area contributed by atoms with Crippen molar-refractivity contribution < 1.29 is 32.7 Å². The maximum absolute atomic E-state index is 3.93. The van der Waals surface area contributed by atoms with E-state index in [0.29, 0.717) is 0 Å². The molecule has 1 heteroatoms. The van der Waals surface area contributed by atoms with Crippen LogP contribution < -0.4 is 0 Å². The Labute approximate surface area is 112 Å². The molecule has 0 unspecified atom stereocenters. The largest absolute Gasteiger partial charge is 0.180 e. The first-order valence-electron chi connectivity index (χ1n) is 4.48. The van der Waals surface area contributed by atoms with Crippen LogP contribution in [0, 0.1) is 6.08 Å². The molecular weight excluding hydrogens is 245 g/mol. The molecule has 0 atom stereocenters. The first-order chi connectivity index (χ1) is 6.20. The number of hydrogen-bond donors (Lipinski definition) is 0. The second kappa shape index (κ2) is 7.14. The van der Waals surface area contributed by atoms with Crippen LogP contribution in [0.2, 0.25) is 0 Å². The Bertz CT molecular complexity index is 314. The van der Waals surface area contributed by atoms with Crippen molar-refractivity contribution in [3.8, 4) is 0 Å². The number of hydrogen-bond acceptors (Lipinski definition) is 0. The van der Waals surface area contributed by atoms with Crippen LogP contribution in [0.3, 0.4) is 0 Å². The van der Waals surface area contributed by atoms with E-state index in [9.17, 15) is 0 Å². The molecule has 1 radical (unpaired) electrons. The maximum atomic E-state index is 3.93. The molecule has 0 aromatic carbocycles. The third-order valence-corrected chi connectivity index (χ3v) is 2.06. The third-order valence-electron chi connectivity index (χ3n) is 2.06. The minimum Gasteiger partial charge on any atom is -0.180 e. The Morgan fingerprint density at radius 3 is 2.71 bits per heavy atom. The molecule has 0 saturated heterocycles. The normalized spacial score (nSPS) is 26.6. The molecular formula is C13H15Y-. The Morgan fingerprint density at radius 2 is 2.00 bits per heavy atom. The summed E-state index contributed by atoms with van der Waals surface area (Å²) in [6.45, 7) is 8.08. The fourth-order valence-corrected chi connectivity index (χ4v) is 1.01. The average Bonchev–Trinajstić information content (AvgIpc) is 2.12. The smallest absolute Gasteiger partial charge is 0 e. The summed E-state index contributed by atoms with van der Waals surface area (Å²) in [5.41, 5.74) is 3.52. The number of allylic oxidation sites excluding steroid dienone is 9. The van der Waals surface area contributed by atoms with Gasteiger partial charge in [0.25, 0.3) is 0 Å². The van der Waals surface area contributed by atoms with E-state index < -0.39 is 0 Å². The van der Waals surface area contributed by atoms with E-state index in [-0.39, 0.29) is 32.7 Å². The monoisotopic (exact) mass is 260 g/mol. The van der Waals surface area contributed by atoms with Gasteiger partial charge in [-0.25, -0.2) is 0 Å². The quantitative estimate of drug-likeness (QED) is 0.582. The summed E-state index contributed by atoms with van der Waals surface area (Å²) in [6.07, 6.45) is 14.4. The third kappa shape index (κ3) is 4.88. The van der Waals surface area contributed by atoms with Crippen LogP contribution in [0.1, 0.15) is 20.3 Å². The van der Waals surface area contributed by atoms with Gasteiger partial charge < -0.3 is 0 Å². The molecule has 0 aliphatic heterocycles. The molecule has 1 aliphatic rings. The van der Waals surface area contributed by atoms with Gasteiger partial charge in [0, 0.05) is 32.7 Å². The molecule has 1 aliphatic carbocycles. The zero-order chi connectivity index (χ0) is 9.68. The second-order valence-corrected chi connectivity index (χ2v) is 3.25. The van der Waals surface area contributed by atoms with E-state index in [1.54, 1.807) is 0 Å². The van der Waals surface area contributed by atoms with Gasteiger partial charge in [0.05, 0.1) is 0 Å². The van der Waals surface area contributed by atoms with Crippen LogP contribution in [-0.2, 0) is 32.7 Å². The van der Waals surface area contributed by atoms with E-state index in [2.05, 4.69) is 50.8 Å². The van der Waals surface area contributed by atoms with Gasteiger partial charge in [0.1, 0.15) is 0 Å². The molecule has 0 fully saturated rings. The summed E-state index contributed by atoms with van der Waals surface area (Å²) in [4.78, 5) is 0. The van der Waals surface area contributed by atoms with Crippen molar-refractivity contribution in [2.75, 3.05) is 0 Å². The van der Waals surface area contributed by atoms with E-state index in [0.717, 1.165) is 12.0 Å². The second-order valence-electron chi connectivity index (χ2n) is 3.25. The van der Waals surface area contributed by atoms with Crippen LogP contribution in [0.25, 0.3) is 0 Å². The van der Waals surface area contributed by atoms with Crippen LogP contribution in [0.15, 0.2) is 53.7 Å². The molecule has 14 heavy (non-hydrogen) atoms. The average molecular weight is 260 g/mol. The summed E-state index contributed by atoms with van der Waals surface area (Å²) in [7, 11) is 0. The van der Waals surface area contributed by atoms with Crippen LogP contribution in [0.4, 0.5) is 0 Å². The maximum Gasteiger partial charge on any atom is 0 e. The standard InChI is InChI=1S/C13H15.Y/c1-11-7-5-4-6-8-12(2)13(3)10-9-11;/h4-6,8-9H,1,7H2,2-3H3;/q-1;/b5-4+,8-6-,13-12+;. The van der Waals surface area contributed by atoms with Gasteiger partial charge in [-0.2, -0.15) is 24.3 Å². The van der Waals surface area contributed by atoms with Crippen LogP contribution in [-0.4, -0.2) is 0 Å². The van der Waals surface area contributed by atoms with E-state index in [4.69, 9.17) is 0 Å². The van der Waals surface area contributed by atoms with Crippen molar-refractivity contribution >= 4 is 0 Å². The van der Waals surface area contributed by atoms with Crippen molar-refractivity contribution in [1.29, 1.82) is 0 Å². The molecule has 71 valence electrons. The first-order valence-corrected chi connectivity index (χ1v) is 4.48. The van der Waals surface area contributed by atoms with Crippen molar-refractivity contribution in [2.24, 2.45) is 0 Å². The Kier molecular flexibility index (Phi) is 7.04. The summed E-state index contributed by atoms with van der Waals surface area (Å²) in [5, 5.41) is 0. The SMILES string of the molecule is C=C1C=[C-]/C(C)=C(C)/C=C\C=C\C1.[Y]. The van der Waals surface area contributed by atoms with Gasteiger partial charge in [0.2, 0.25) is 0 Å². The Morgan fingerprint density at radius 1 is 1.29 bits per heavy atom. The summed E-state index contributed by atoms with van der Waals surface area (Å²) < 4.78 is 0. The molecule has 0 saturated carbocycles. The van der Waals surface area contributed by atoms with Crippen LogP contribution in [0.5, 0.6) is 0 Å². The molecule has 0 heterocycles. The topological polar surface area (TPSA) is 0 Å². The zero-order valence-corrected chi connectivity index (χ0v) is 11.7. The van der Waals surface area contributed by atoms with Gasteiger partial charge in [0.15, 0.2) is 0 Å². The fraction of sp³-hybridized carbons (Fsp3) is 0.231. The van der Waals surface area contributed by atoms with Gasteiger partial charge in [-0.1, -0.05) is 38.5 Å². The van der Waals surface area contributed by atoms with Gasteiger partial charge in [-0.3, -0.25) is 0 Å². The number of rotatable bonds is 0. The molecule has 0 N–H and O–H groups in total. The minimum absolute atomic E-state index is 0.